The highest BCUT2D eigenvalue weighted by Crippen LogP contribution is 2.39. The summed E-state index contributed by atoms with van der Waals surface area (Å²) in [5.74, 6) is -0.150. The zero-order chi connectivity index (χ0) is 16.9. The summed E-state index contributed by atoms with van der Waals surface area (Å²) >= 11 is 0. The van der Waals surface area contributed by atoms with E-state index in [4.69, 9.17) is 4.52 Å². The van der Waals surface area contributed by atoms with Gasteiger partial charge in [-0.3, -0.25) is 4.79 Å². The van der Waals surface area contributed by atoms with Gasteiger partial charge in [-0.1, -0.05) is 5.16 Å². The first-order valence-corrected chi connectivity index (χ1v) is 7.76. The van der Waals surface area contributed by atoms with Crippen LogP contribution in [0.5, 0.6) is 0 Å². The number of carbonyl (C=O) groups excluding carboxylic acids is 1. The summed E-state index contributed by atoms with van der Waals surface area (Å²) in [6.07, 6.45) is -1.04. The van der Waals surface area contributed by atoms with Gasteiger partial charge in [0.25, 0.3) is 0 Å². The second-order valence-corrected chi connectivity index (χ2v) is 6.21. The van der Waals surface area contributed by atoms with Crippen molar-refractivity contribution < 1.29 is 22.5 Å². The molecular formula is C15H15F3N4O2. The van der Waals surface area contributed by atoms with Crippen LogP contribution in [0.3, 0.4) is 0 Å². The van der Waals surface area contributed by atoms with Crippen LogP contribution >= 0.6 is 0 Å². The van der Waals surface area contributed by atoms with Crippen molar-refractivity contribution >= 4 is 5.91 Å². The van der Waals surface area contributed by atoms with E-state index in [1.54, 1.807) is 6.07 Å². The van der Waals surface area contributed by atoms with E-state index in [2.05, 4.69) is 10.1 Å². The highest BCUT2D eigenvalue weighted by molar-refractivity contribution is 5.78. The van der Waals surface area contributed by atoms with Crippen LogP contribution in [0.25, 0.3) is 0 Å². The van der Waals surface area contributed by atoms with Crippen LogP contribution in [-0.4, -0.2) is 32.1 Å². The number of amides is 1. The fourth-order valence-electron chi connectivity index (χ4n) is 2.97. The molecule has 2 aromatic rings. The quantitative estimate of drug-likeness (QED) is 0.860. The highest BCUT2D eigenvalue weighted by Gasteiger charge is 2.38. The Morgan fingerprint density at radius 1 is 1.33 bits per heavy atom. The highest BCUT2D eigenvalue weighted by atomic mass is 19.4. The van der Waals surface area contributed by atoms with Crippen molar-refractivity contribution in [2.75, 3.05) is 6.54 Å². The van der Waals surface area contributed by atoms with E-state index in [1.807, 2.05) is 0 Å². The summed E-state index contributed by atoms with van der Waals surface area (Å²) in [5.41, 5.74) is 1.27. The minimum atomic E-state index is -4.48. The van der Waals surface area contributed by atoms with E-state index in [1.165, 1.54) is 11.1 Å². The van der Waals surface area contributed by atoms with Crippen LogP contribution in [0.4, 0.5) is 13.2 Å². The maximum absolute atomic E-state index is 12.8. The second-order valence-electron chi connectivity index (χ2n) is 6.21. The fourth-order valence-corrected chi connectivity index (χ4v) is 2.97. The first-order valence-electron chi connectivity index (χ1n) is 7.76. The molecular weight excluding hydrogens is 325 g/mol. The number of alkyl halides is 3. The minimum absolute atomic E-state index is 0.0694. The van der Waals surface area contributed by atoms with E-state index in [0.29, 0.717) is 17.4 Å². The summed E-state index contributed by atoms with van der Waals surface area (Å²) in [6, 6.07) is 1.80. The molecule has 3 heterocycles. The normalized spacial score (nSPS) is 17.9. The lowest BCUT2D eigenvalue weighted by Gasteiger charge is -2.29. The Balaban J connectivity index is 1.44. The number of hydrogen-bond donors (Lipinski definition) is 0. The number of carbonyl (C=O) groups is 1. The third kappa shape index (κ3) is 2.78. The molecule has 24 heavy (non-hydrogen) atoms. The number of fused-ring (bicyclic) bond motifs is 1. The molecule has 0 saturated heterocycles. The Morgan fingerprint density at radius 2 is 2.12 bits per heavy atom. The summed E-state index contributed by atoms with van der Waals surface area (Å²) < 4.78 is 44.8. The zero-order valence-electron chi connectivity index (χ0n) is 12.7. The molecule has 0 unspecified atom stereocenters. The molecule has 1 amide bonds. The number of aromatic nitrogens is 3. The molecule has 2 aliphatic rings. The predicted molar refractivity (Wildman–Crippen MR) is 74.8 cm³/mol. The van der Waals surface area contributed by atoms with Crippen LogP contribution in [0, 0.1) is 0 Å². The molecule has 6 nitrogen and oxygen atoms in total. The minimum Gasteiger partial charge on any atom is -0.361 e. The van der Waals surface area contributed by atoms with Crippen molar-refractivity contribution in [1.82, 2.24) is 19.6 Å². The van der Waals surface area contributed by atoms with Gasteiger partial charge in [0.05, 0.1) is 30.6 Å². The van der Waals surface area contributed by atoms with E-state index < -0.39 is 12.0 Å². The van der Waals surface area contributed by atoms with Crippen molar-refractivity contribution in [2.45, 2.75) is 44.4 Å². The topological polar surface area (TPSA) is 64.2 Å². The van der Waals surface area contributed by atoms with Crippen LogP contribution < -0.4 is 0 Å². The predicted octanol–water partition coefficient (Wildman–Crippen LogP) is 2.35. The lowest BCUT2D eigenvalue weighted by molar-refractivity contribution is -0.148. The van der Waals surface area contributed by atoms with Gasteiger partial charge in [-0.2, -0.15) is 13.2 Å². The van der Waals surface area contributed by atoms with Gasteiger partial charge in [0.1, 0.15) is 5.76 Å². The number of rotatable bonds is 3. The van der Waals surface area contributed by atoms with Crippen molar-refractivity contribution in [3.8, 4) is 0 Å². The molecule has 4 rings (SSSR count). The first kappa shape index (κ1) is 15.2. The summed E-state index contributed by atoms with van der Waals surface area (Å²) in [5, 5.41) is 3.96. The SMILES string of the molecule is O=C(Cc1cc(C2CC2)no1)N1CCn2c(cnc2C(F)(F)F)C1. The smallest absolute Gasteiger partial charge is 0.361 e. The summed E-state index contributed by atoms with van der Waals surface area (Å²) in [6.45, 7) is 0.417. The Kier molecular flexibility index (Phi) is 3.40. The van der Waals surface area contributed by atoms with Crippen molar-refractivity contribution in [2.24, 2.45) is 0 Å². The molecule has 1 saturated carbocycles. The molecule has 0 bridgehead atoms. The van der Waals surface area contributed by atoms with Crippen LogP contribution in [0.2, 0.25) is 0 Å². The second kappa shape index (κ2) is 5.35. The van der Waals surface area contributed by atoms with Crippen molar-refractivity contribution in [3.05, 3.63) is 35.2 Å². The molecule has 0 atom stereocenters. The van der Waals surface area contributed by atoms with E-state index >= 15 is 0 Å². The maximum Gasteiger partial charge on any atom is 0.449 e. The molecule has 1 aliphatic heterocycles. The average Bonchev–Trinajstić information content (AvgIpc) is 3.11. The molecule has 0 N–H and O–H groups in total. The molecule has 9 heteroatoms. The first-order chi connectivity index (χ1) is 11.4. The van der Waals surface area contributed by atoms with Crippen molar-refractivity contribution in [1.29, 1.82) is 0 Å². The lowest BCUT2D eigenvalue weighted by atomic mass is 10.2. The summed E-state index contributed by atoms with van der Waals surface area (Å²) in [7, 11) is 0. The van der Waals surface area contributed by atoms with Crippen LogP contribution in [0.1, 0.15) is 41.7 Å². The van der Waals surface area contributed by atoms with Crippen LogP contribution in [-0.2, 0) is 30.5 Å². The standard InChI is InChI=1S/C15H15F3N4O2/c16-15(17,18)14-19-7-10-8-21(3-4-22(10)14)13(23)6-11-5-12(20-24-11)9-1-2-9/h5,7,9H,1-4,6,8H2. The van der Waals surface area contributed by atoms with Gasteiger partial charge in [-0.05, 0) is 12.8 Å². The number of hydrogen-bond acceptors (Lipinski definition) is 4. The maximum atomic E-state index is 12.8. The molecule has 0 spiro atoms. The van der Waals surface area contributed by atoms with Gasteiger partial charge in [0.2, 0.25) is 11.7 Å². The third-order valence-electron chi connectivity index (χ3n) is 4.39. The van der Waals surface area contributed by atoms with E-state index in [-0.39, 0.29) is 32.0 Å². The fraction of sp³-hybridized carbons (Fsp3) is 0.533. The van der Waals surface area contributed by atoms with Gasteiger partial charge in [0.15, 0.2) is 0 Å². The number of halogens is 3. The molecule has 2 aromatic heterocycles. The average molecular weight is 340 g/mol. The van der Waals surface area contributed by atoms with Gasteiger partial charge >= 0.3 is 6.18 Å². The summed E-state index contributed by atoms with van der Waals surface area (Å²) in [4.78, 5) is 17.3. The molecule has 1 fully saturated rings. The van der Waals surface area contributed by atoms with Gasteiger partial charge in [-0.25, -0.2) is 4.98 Å². The Hall–Kier alpha value is -2.32. The van der Waals surface area contributed by atoms with Crippen LogP contribution in [0.15, 0.2) is 16.8 Å². The molecule has 0 radical (unpaired) electrons. The van der Waals surface area contributed by atoms with E-state index in [9.17, 15) is 18.0 Å². The monoisotopic (exact) mass is 340 g/mol. The largest absolute Gasteiger partial charge is 0.449 e. The van der Waals surface area contributed by atoms with E-state index in [0.717, 1.165) is 23.1 Å². The van der Waals surface area contributed by atoms with Gasteiger partial charge in [0, 0.05) is 25.1 Å². The number of imidazole rings is 1. The molecule has 1 aliphatic carbocycles. The van der Waals surface area contributed by atoms with Gasteiger partial charge < -0.3 is 14.0 Å². The van der Waals surface area contributed by atoms with Gasteiger partial charge in [-0.15, -0.1) is 0 Å². The molecule has 0 aromatic carbocycles. The lowest BCUT2D eigenvalue weighted by Crippen LogP contribution is -2.39. The molecule has 128 valence electrons. The Morgan fingerprint density at radius 3 is 2.83 bits per heavy atom. The Bertz CT molecular complexity index is 776. The third-order valence-corrected chi connectivity index (χ3v) is 4.39. The number of nitrogens with zero attached hydrogens (tertiary/aromatic N) is 4. The van der Waals surface area contributed by atoms with Crippen molar-refractivity contribution in [3.63, 3.8) is 0 Å². The zero-order valence-corrected chi connectivity index (χ0v) is 12.7. The Labute approximate surface area is 135 Å².